The molecule has 1 aromatic carbocycles. The third-order valence-electron chi connectivity index (χ3n) is 6.75. The molecule has 2 atom stereocenters. The van der Waals surface area contributed by atoms with E-state index in [0.29, 0.717) is 41.1 Å². The molecule has 2 aliphatic rings. The van der Waals surface area contributed by atoms with Gasteiger partial charge in [0.1, 0.15) is 11.6 Å². The number of rotatable bonds is 4. The van der Waals surface area contributed by atoms with Crippen molar-refractivity contribution in [3.8, 4) is 22.9 Å². The molecule has 0 spiro atoms. The van der Waals surface area contributed by atoms with Gasteiger partial charge in [0.25, 0.3) is 0 Å². The van der Waals surface area contributed by atoms with Crippen LogP contribution in [0.3, 0.4) is 0 Å². The average Bonchev–Trinajstić information content (AvgIpc) is 2.82. The predicted molar refractivity (Wildman–Crippen MR) is 128 cm³/mol. The highest BCUT2D eigenvalue weighted by molar-refractivity contribution is 8.13. The Bertz CT molecular complexity index is 1320. The minimum atomic E-state index is -0.971. The van der Waals surface area contributed by atoms with Crippen molar-refractivity contribution in [2.24, 2.45) is 16.6 Å². The molecule has 9 heteroatoms. The first kappa shape index (κ1) is 22.6. The largest absolute Gasteiger partial charge is 0.481 e. The molecule has 0 saturated carbocycles. The van der Waals surface area contributed by atoms with Gasteiger partial charge in [-0.05, 0) is 30.5 Å². The summed E-state index contributed by atoms with van der Waals surface area (Å²) >= 11 is 1.46. The summed E-state index contributed by atoms with van der Waals surface area (Å²) in [5.74, 6) is 0.345. The smallest absolute Gasteiger partial charge is 0.216 e. The molecule has 176 valence electrons. The van der Waals surface area contributed by atoms with E-state index in [4.69, 9.17) is 20.2 Å². The predicted octanol–water partition coefficient (Wildman–Crippen LogP) is 4.42. The Hall–Kier alpha value is -3.20. The molecule has 0 unspecified atom stereocenters. The van der Waals surface area contributed by atoms with Crippen LogP contribution in [0.25, 0.3) is 11.1 Å². The van der Waals surface area contributed by atoms with E-state index in [1.807, 2.05) is 13.0 Å². The first-order valence-corrected chi connectivity index (χ1v) is 11.8. The zero-order valence-corrected chi connectivity index (χ0v) is 19.9. The number of methoxy groups -OCH3 is 2. The number of halogens is 2. The van der Waals surface area contributed by atoms with E-state index in [1.165, 1.54) is 23.9 Å². The lowest BCUT2D eigenvalue weighted by atomic mass is 9.66. The van der Waals surface area contributed by atoms with Crippen molar-refractivity contribution in [1.82, 2.24) is 9.97 Å². The Labute approximate surface area is 200 Å². The molecule has 2 N–H and O–H groups in total. The molecule has 5 rings (SSSR count). The second kappa shape index (κ2) is 8.54. The number of nitrogens with zero attached hydrogens (tertiary/aromatic N) is 3. The van der Waals surface area contributed by atoms with Gasteiger partial charge in [-0.1, -0.05) is 17.8 Å². The third kappa shape index (κ3) is 3.58. The van der Waals surface area contributed by atoms with Gasteiger partial charge in [-0.3, -0.25) is 4.99 Å². The molecule has 0 fully saturated rings. The van der Waals surface area contributed by atoms with Crippen molar-refractivity contribution in [2.75, 3.05) is 20.0 Å². The highest BCUT2D eigenvalue weighted by Gasteiger charge is 2.49. The van der Waals surface area contributed by atoms with E-state index in [2.05, 4.69) is 9.97 Å². The van der Waals surface area contributed by atoms with Crippen molar-refractivity contribution >= 4 is 16.9 Å². The minimum Gasteiger partial charge on any atom is -0.481 e. The number of nitrogens with two attached hydrogens (primary N) is 1. The lowest BCUT2D eigenvalue weighted by molar-refractivity contribution is 0.262. The number of aryl methyl sites for hydroxylation is 1. The number of pyridine rings is 2. The van der Waals surface area contributed by atoms with Crippen LogP contribution in [0.5, 0.6) is 11.8 Å². The van der Waals surface area contributed by atoms with Gasteiger partial charge in [0.05, 0.1) is 19.8 Å². The summed E-state index contributed by atoms with van der Waals surface area (Å²) in [7, 11) is 3.15. The van der Waals surface area contributed by atoms with E-state index in [0.717, 1.165) is 33.9 Å². The van der Waals surface area contributed by atoms with Crippen LogP contribution in [0.1, 0.15) is 22.3 Å². The van der Waals surface area contributed by atoms with Crippen LogP contribution in [0.2, 0.25) is 0 Å². The van der Waals surface area contributed by atoms with Crippen LogP contribution in [-0.4, -0.2) is 35.1 Å². The van der Waals surface area contributed by atoms with E-state index in [9.17, 15) is 4.39 Å². The van der Waals surface area contributed by atoms with Crippen molar-refractivity contribution in [3.05, 3.63) is 70.5 Å². The summed E-state index contributed by atoms with van der Waals surface area (Å²) in [6, 6.07) is 5.54. The lowest BCUT2D eigenvalue weighted by Gasteiger charge is -2.45. The lowest BCUT2D eigenvalue weighted by Crippen LogP contribution is -2.46. The fraction of sp³-hybridized carbons (Fsp3) is 0.320. The van der Waals surface area contributed by atoms with Crippen LogP contribution in [0.15, 0.2) is 41.7 Å². The summed E-state index contributed by atoms with van der Waals surface area (Å²) in [5, 5.41) is 0.390. The van der Waals surface area contributed by atoms with Gasteiger partial charge >= 0.3 is 0 Å². The topological polar surface area (TPSA) is 82.6 Å². The van der Waals surface area contributed by atoms with Gasteiger partial charge < -0.3 is 15.2 Å². The average molecular weight is 483 g/mol. The molecule has 1 aliphatic carbocycles. The Morgan fingerprint density at radius 3 is 2.56 bits per heavy atom. The molecular weight excluding hydrogens is 458 g/mol. The Kier molecular flexibility index (Phi) is 5.67. The molecule has 0 saturated heterocycles. The first-order valence-electron chi connectivity index (χ1n) is 10.9. The number of amidine groups is 1. The normalized spacial score (nSPS) is 21.3. The van der Waals surface area contributed by atoms with Crippen molar-refractivity contribution in [2.45, 2.75) is 25.3 Å². The van der Waals surface area contributed by atoms with Gasteiger partial charge in [-0.2, -0.15) is 0 Å². The Morgan fingerprint density at radius 1 is 1.06 bits per heavy atom. The van der Waals surface area contributed by atoms with Gasteiger partial charge in [-0.25, -0.2) is 18.7 Å². The third-order valence-corrected chi connectivity index (χ3v) is 7.70. The highest BCUT2D eigenvalue weighted by atomic mass is 32.2. The molecule has 0 bridgehead atoms. The number of hydrogen-bond acceptors (Lipinski definition) is 7. The number of aliphatic imine (C=N–C) groups is 1. The van der Waals surface area contributed by atoms with E-state index in [1.54, 1.807) is 26.6 Å². The Morgan fingerprint density at radius 2 is 1.85 bits per heavy atom. The number of thioether (sulfide) groups is 1. The number of aromatic nitrogens is 2. The molecule has 6 nitrogen and oxygen atoms in total. The highest BCUT2D eigenvalue weighted by Crippen LogP contribution is 2.51. The second-order valence-corrected chi connectivity index (χ2v) is 9.61. The fourth-order valence-electron chi connectivity index (χ4n) is 5.11. The van der Waals surface area contributed by atoms with Crippen LogP contribution < -0.4 is 15.2 Å². The maximum atomic E-state index is 15.1. The summed E-state index contributed by atoms with van der Waals surface area (Å²) in [4.78, 5) is 13.8. The fourth-order valence-corrected chi connectivity index (χ4v) is 6.10. The van der Waals surface area contributed by atoms with E-state index in [-0.39, 0.29) is 5.92 Å². The molecule has 3 aromatic rings. The van der Waals surface area contributed by atoms with Gasteiger partial charge in [0.2, 0.25) is 11.8 Å². The SMILES string of the molecule is COc1cc(C)c(-c2cnc(OC)c3c2C[C@H]2CSC(N)=N[C@@]2(c2ccc(F)cc2F)C3)cn1. The number of benzene rings is 1. The zero-order chi connectivity index (χ0) is 24.0. The summed E-state index contributed by atoms with van der Waals surface area (Å²) < 4.78 is 39.8. The zero-order valence-electron chi connectivity index (χ0n) is 19.1. The summed E-state index contributed by atoms with van der Waals surface area (Å²) in [6.07, 6.45) is 4.53. The maximum Gasteiger partial charge on any atom is 0.216 e. The standard InChI is InChI=1S/C25H24F2N4O2S/c1-13-6-22(32-2)29-10-18(13)19-11-30-23(33-3)17-9-25(20-5-4-15(26)8-21(20)27)14(7-16(17)19)12-34-24(28)31-25/h4-6,8,10-11,14H,7,9,12H2,1-3H3,(H2,28,31)/t14-,25-/m0/s1. The monoisotopic (exact) mass is 482 g/mol. The van der Waals surface area contributed by atoms with Gasteiger partial charge in [-0.15, -0.1) is 0 Å². The summed E-state index contributed by atoms with van der Waals surface area (Å²) in [5.41, 5.74) is 10.3. The van der Waals surface area contributed by atoms with Crippen molar-refractivity contribution in [3.63, 3.8) is 0 Å². The molecule has 1 aliphatic heterocycles. The number of hydrogen-bond donors (Lipinski definition) is 1. The van der Waals surface area contributed by atoms with Crippen LogP contribution in [0.4, 0.5) is 8.78 Å². The van der Waals surface area contributed by atoms with Crippen LogP contribution in [0, 0.1) is 24.5 Å². The molecule has 34 heavy (non-hydrogen) atoms. The molecular formula is C25H24F2N4O2S. The first-order chi connectivity index (χ1) is 16.4. The molecule has 0 radical (unpaired) electrons. The van der Waals surface area contributed by atoms with E-state index < -0.39 is 17.2 Å². The van der Waals surface area contributed by atoms with Crippen LogP contribution >= 0.6 is 11.8 Å². The molecule has 0 amide bonds. The maximum absolute atomic E-state index is 15.1. The van der Waals surface area contributed by atoms with Crippen LogP contribution in [-0.2, 0) is 18.4 Å². The van der Waals surface area contributed by atoms with Gasteiger partial charge in [0.15, 0.2) is 5.17 Å². The quantitative estimate of drug-likeness (QED) is 0.593. The minimum absolute atomic E-state index is 0.0605. The van der Waals surface area contributed by atoms with Crippen molar-refractivity contribution in [1.29, 1.82) is 0 Å². The van der Waals surface area contributed by atoms with Crippen molar-refractivity contribution < 1.29 is 18.3 Å². The number of ether oxygens (including phenoxy) is 2. The number of fused-ring (bicyclic) bond motifs is 2. The van der Waals surface area contributed by atoms with E-state index >= 15 is 4.39 Å². The second-order valence-electron chi connectivity index (χ2n) is 8.57. The molecule has 3 heterocycles. The summed E-state index contributed by atoms with van der Waals surface area (Å²) in [6.45, 7) is 2.00. The van der Waals surface area contributed by atoms with Gasteiger partial charge in [0, 0.05) is 64.9 Å². The molecule has 2 aromatic heterocycles. The Balaban J connectivity index is 1.72.